The summed E-state index contributed by atoms with van der Waals surface area (Å²) in [6, 6.07) is 12.6. The zero-order valence-corrected chi connectivity index (χ0v) is 21.6. The molecule has 37 heavy (non-hydrogen) atoms. The molecule has 0 radical (unpaired) electrons. The first-order valence-corrected chi connectivity index (χ1v) is 12.7. The van der Waals surface area contributed by atoms with Crippen molar-refractivity contribution in [1.29, 1.82) is 0 Å². The van der Waals surface area contributed by atoms with Crippen LogP contribution in [0.1, 0.15) is 36.8 Å². The molecule has 192 valence electrons. The molecule has 2 heterocycles. The third kappa shape index (κ3) is 5.26. The van der Waals surface area contributed by atoms with Crippen LogP contribution in [0, 0.1) is 12.7 Å². The Morgan fingerprint density at radius 1 is 1.16 bits per heavy atom. The van der Waals surface area contributed by atoms with Gasteiger partial charge in [-0.3, -0.25) is 0 Å². The van der Waals surface area contributed by atoms with Crippen molar-refractivity contribution >= 4 is 34.3 Å². The number of ether oxygens (including phenoxy) is 1. The summed E-state index contributed by atoms with van der Waals surface area (Å²) in [7, 11) is 1.66. The van der Waals surface area contributed by atoms with Crippen molar-refractivity contribution in [2.24, 2.45) is 16.5 Å². The van der Waals surface area contributed by atoms with Gasteiger partial charge in [0.15, 0.2) is 0 Å². The van der Waals surface area contributed by atoms with Gasteiger partial charge in [-0.2, -0.15) is 5.10 Å². The van der Waals surface area contributed by atoms with E-state index >= 15 is 0 Å². The van der Waals surface area contributed by atoms with E-state index in [2.05, 4.69) is 28.4 Å². The van der Waals surface area contributed by atoms with E-state index in [9.17, 15) is 4.39 Å². The van der Waals surface area contributed by atoms with Crippen LogP contribution < -0.4 is 21.5 Å². The maximum atomic E-state index is 13.9. The number of aryl methyl sites for hydroxylation is 1. The lowest BCUT2D eigenvalue weighted by Crippen LogP contribution is -2.33. The normalized spacial score (nSPS) is 18.2. The highest BCUT2D eigenvalue weighted by molar-refractivity contribution is 6.33. The predicted molar refractivity (Wildman–Crippen MR) is 148 cm³/mol. The molecule has 1 saturated carbocycles. The molecule has 0 unspecified atom stereocenters. The molecule has 1 aliphatic carbocycles. The van der Waals surface area contributed by atoms with E-state index in [-0.39, 0.29) is 23.6 Å². The summed E-state index contributed by atoms with van der Waals surface area (Å²) in [6.07, 6.45) is 7.48. The van der Waals surface area contributed by atoms with Gasteiger partial charge in [-0.15, -0.1) is 0 Å². The Balaban J connectivity index is 1.62. The number of nitrogens with two attached hydrogens (primary N) is 2. The van der Waals surface area contributed by atoms with Gasteiger partial charge in [0.05, 0.1) is 40.8 Å². The minimum absolute atomic E-state index is 0.195. The second kappa shape index (κ2) is 10.4. The third-order valence-corrected chi connectivity index (χ3v) is 7.25. The smallest absolute Gasteiger partial charge is 0.135 e. The number of amidine groups is 1. The first-order chi connectivity index (χ1) is 17.8. The van der Waals surface area contributed by atoms with Crippen molar-refractivity contribution in [1.82, 2.24) is 9.61 Å². The third-order valence-electron chi connectivity index (χ3n) is 6.93. The van der Waals surface area contributed by atoms with Crippen LogP contribution in [0.2, 0.25) is 5.02 Å². The zero-order valence-electron chi connectivity index (χ0n) is 20.8. The summed E-state index contributed by atoms with van der Waals surface area (Å²) in [6.45, 7) is 2.05. The van der Waals surface area contributed by atoms with Crippen LogP contribution in [-0.2, 0) is 0 Å². The summed E-state index contributed by atoms with van der Waals surface area (Å²) in [5.74, 6) is 0.566. The van der Waals surface area contributed by atoms with Crippen molar-refractivity contribution in [3.8, 4) is 16.9 Å². The van der Waals surface area contributed by atoms with E-state index < -0.39 is 5.82 Å². The Morgan fingerprint density at radius 3 is 2.68 bits per heavy atom. The molecule has 0 atom stereocenters. The molecule has 2 aromatic heterocycles. The average molecular weight is 521 g/mol. The average Bonchev–Trinajstić information content (AvgIpc) is 3.32. The highest BCUT2D eigenvalue weighted by atomic mass is 35.5. The second-order valence-electron chi connectivity index (χ2n) is 9.52. The molecule has 5 rings (SSSR count). The highest BCUT2D eigenvalue weighted by Crippen LogP contribution is 2.34. The quantitative estimate of drug-likeness (QED) is 0.219. The van der Waals surface area contributed by atoms with Crippen LogP contribution in [0.5, 0.6) is 5.75 Å². The number of halogens is 2. The van der Waals surface area contributed by atoms with Crippen LogP contribution in [-0.4, -0.2) is 34.6 Å². The predicted octanol–water partition coefficient (Wildman–Crippen LogP) is 5.83. The van der Waals surface area contributed by atoms with E-state index in [1.807, 2.05) is 28.9 Å². The van der Waals surface area contributed by atoms with Gasteiger partial charge in [-0.1, -0.05) is 17.7 Å². The van der Waals surface area contributed by atoms with Crippen molar-refractivity contribution in [3.05, 3.63) is 76.8 Å². The summed E-state index contributed by atoms with van der Waals surface area (Å²) >= 11 is 6.25. The van der Waals surface area contributed by atoms with E-state index in [0.717, 1.165) is 59.3 Å². The van der Waals surface area contributed by atoms with Gasteiger partial charge in [0.1, 0.15) is 17.4 Å². The fraction of sp³-hybridized carbons (Fsp3) is 0.286. The fourth-order valence-corrected chi connectivity index (χ4v) is 5.03. The molecule has 0 amide bonds. The summed E-state index contributed by atoms with van der Waals surface area (Å²) in [5.41, 5.74) is 18.4. The van der Waals surface area contributed by atoms with Gasteiger partial charge in [0.2, 0.25) is 0 Å². The van der Waals surface area contributed by atoms with Crippen molar-refractivity contribution in [3.63, 3.8) is 0 Å². The minimum Gasteiger partial charge on any atom is -0.497 e. The molecule has 7 nitrogen and oxygen atoms in total. The number of benzene rings is 2. The first kappa shape index (κ1) is 25.0. The first-order valence-electron chi connectivity index (χ1n) is 12.3. The van der Waals surface area contributed by atoms with Crippen LogP contribution in [0.25, 0.3) is 16.6 Å². The molecule has 0 aliphatic heterocycles. The largest absolute Gasteiger partial charge is 0.497 e. The molecule has 1 aliphatic rings. The molecule has 0 bridgehead atoms. The lowest BCUT2D eigenvalue weighted by Gasteiger charge is -2.28. The summed E-state index contributed by atoms with van der Waals surface area (Å²) in [4.78, 5) is 4.46. The van der Waals surface area contributed by atoms with Crippen molar-refractivity contribution in [2.45, 2.75) is 44.7 Å². The van der Waals surface area contributed by atoms with E-state index in [0.29, 0.717) is 10.6 Å². The number of hydrogen-bond donors (Lipinski definition) is 3. The number of nitrogens with one attached hydrogen (secondary N) is 1. The topological polar surface area (TPSA) is 103 Å². The van der Waals surface area contributed by atoms with Gasteiger partial charge < -0.3 is 21.5 Å². The minimum atomic E-state index is -0.437. The monoisotopic (exact) mass is 520 g/mol. The van der Waals surface area contributed by atoms with Crippen molar-refractivity contribution < 1.29 is 9.13 Å². The Kier molecular flexibility index (Phi) is 7.04. The number of anilines is 1. The lowest BCUT2D eigenvalue weighted by atomic mass is 9.91. The Bertz CT molecular complexity index is 1480. The SMILES string of the molecule is COc1ccc(-c2cc3c(N[C@H]4CC[C@@H](N)CC4)c(C(N)=Nc4cc(F)ccc4Cl)cnn3c2)c(C)c1. The van der Waals surface area contributed by atoms with E-state index in [4.69, 9.17) is 27.8 Å². The Morgan fingerprint density at radius 2 is 1.95 bits per heavy atom. The molecule has 0 spiro atoms. The number of methoxy groups -OCH3 is 1. The van der Waals surface area contributed by atoms with Gasteiger partial charge in [-0.25, -0.2) is 13.9 Å². The molecule has 1 fully saturated rings. The second-order valence-corrected chi connectivity index (χ2v) is 9.93. The van der Waals surface area contributed by atoms with Crippen LogP contribution >= 0.6 is 11.6 Å². The van der Waals surface area contributed by atoms with E-state index in [1.54, 1.807) is 13.3 Å². The number of aromatic nitrogens is 2. The zero-order chi connectivity index (χ0) is 26.1. The molecule has 4 aromatic rings. The number of nitrogens with zero attached hydrogens (tertiary/aromatic N) is 3. The Hall–Kier alpha value is -3.62. The number of aliphatic imine (C=N–C) groups is 1. The van der Waals surface area contributed by atoms with E-state index in [1.165, 1.54) is 18.2 Å². The highest BCUT2D eigenvalue weighted by Gasteiger charge is 2.22. The maximum absolute atomic E-state index is 13.9. The molecule has 0 saturated heterocycles. The molecule has 5 N–H and O–H groups in total. The molecular formula is C28H30ClFN6O. The van der Waals surface area contributed by atoms with Crippen molar-refractivity contribution in [2.75, 3.05) is 12.4 Å². The van der Waals surface area contributed by atoms with Crippen LogP contribution in [0.3, 0.4) is 0 Å². The summed E-state index contributed by atoms with van der Waals surface area (Å²) < 4.78 is 21.1. The molecule has 2 aromatic carbocycles. The van der Waals surface area contributed by atoms with Crippen LogP contribution in [0.15, 0.2) is 59.9 Å². The maximum Gasteiger partial charge on any atom is 0.135 e. The lowest BCUT2D eigenvalue weighted by molar-refractivity contribution is 0.411. The number of hydrogen-bond acceptors (Lipinski definition) is 5. The van der Waals surface area contributed by atoms with Gasteiger partial charge in [-0.05, 0) is 74.1 Å². The molecule has 9 heteroatoms. The van der Waals surface area contributed by atoms with Gasteiger partial charge in [0, 0.05) is 29.9 Å². The number of fused-ring (bicyclic) bond motifs is 1. The summed E-state index contributed by atoms with van der Waals surface area (Å²) in [5, 5.41) is 8.64. The Labute approximate surface area is 220 Å². The van der Waals surface area contributed by atoms with Crippen LogP contribution in [0.4, 0.5) is 15.8 Å². The standard InChI is InChI=1S/C28H30ClFN6O/c1-16-11-21(37-2)8-9-22(16)17-12-26-27(34-20-6-4-19(31)5-7-20)23(14-33-36(26)15-17)28(32)35-25-13-18(30)3-10-24(25)29/h3,8-15,19-20,34H,4-7,31H2,1-2H3,(H2,32,35)/t19-,20+. The fourth-order valence-electron chi connectivity index (χ4n) is 4.87. The van der Waals surface area contributed by atoms with Gasteiger partial charge >= 0.3 is 0 Å². The molecular weight excluding hydrogens is 491 g/mol. The number of rotatable bonds is 6. The van der Waals surface area contributed by atoms with Gasteiger partial charge in [0.25, 0.3) is 0 Å².